The molecule has 18 heavy (non-hydrogen) atoms. The van der Waals surface area contributed by atoms with Gasteiger partial charge in [0.1, 0.15) is 4.90 Å². The van der Waals surface area contributed by atoms with Crippen LogP contribution in [-0.4, -0.2) is 37.5 Å². The molecule has 0 saturated carbocycles. The Hall–Kier alpha value is -0.920. The average Bonchev–Trinajstić information content (AvgIpc) is 2.86. The van der Waals surface area contributed by atoms with E-state index >= 15 is 0 Å². The van der Waals surface area contributed by atoms with Gasteiger partial charge in [-0.2, -0.15) is 5.10 Å². The second-order valence-electron chi connectivity index (χ2n) is 4.61. The summed E-state index contributed by atoms with van der Waals surface area (Å²) in [7, 11) is -1.76. The lowest BCUT2D eigenvalue weighted by Crippen LogP contribution is -2.32. The molecule has 1 fully saturated rings. The molecule has 1 aliphatic rings. The van der Waals surface area contributed by atoms with Gasteiger partial charge in [0.2, 0.25) is 10.0 Å². The number of sulfonamides is 1. The number of nitrogens with one attached hydrogen (secondary N) is 1. The van der Waals surface area contributed by atoms with Crippen molar-refractivity contribution in [3.8, 4) is 0 Å². The maximum absolute atomic E-state index is 12.2. The second-order valence-corrected chi connectivity index (χ2v) is 6.31. The highest BCUT2D eigenvalue weighted by Crippen LogP contribution is 2.19. The van der Waals surface area contributed by atoms with Crippen molar-refractivity contribution in [3.63, 3.8) is 0 Å². The Morgan fingerprint density at radius 2 is 2.22 bits per heavy atom. The molecule has 7 heteroatoms. The molecule has 1 aliphatic heterocycles. The summed E-state index contributed by atoms with van der Waals surface area (Å²) in [6.07, 6.45) is 1.90. The molecule has 2 rings (SSSR count). The molecule has 0 bridgehead atoms. The van der Waals surface area contributed by atoms with E-state index in [9.17, 15) is 8.42 Å². The van der Waals surface area contributed by atoms with E-state index in [4.69, 9.17) is 4.74 Å². The molecule has 0 amide bonds. The highest BCUT2D eigenvalue weighted by molar-refractivity contribution is 7.89. The lowest BCUT2D eigenvalue weighted by atomic mass is 10.2. The summed E-state index contributed by atoms with van der Waals surface area (Å²) in [5.41, 5.74) is 1.17. The van der Waals surface area contributed by atoms with Crippen molar-refractivity contribution in [3.05, 3.63) is 11.4 Å². The van der Waals surface area contributed by atoms with Gasteiger partial charge in [0.05, 0.1) is 17.5 Å². The summed E-state index contributed by atoms with van der Waals surface area (Å²) >= 11 is 0. The highest BCUT2D eigenvalue weighted by atomic mass is 32.2. The molecule has 102 valence electrons. The number of rotatable bonds is 4. The summed E-state index contributed by atoms with van der Waals surface area (Å²) in [4.78, 5) is 0.281. The van der Waals surface area contributed by atoms with Gasteiger partial charge in [-0.05, 0) is 26.7 Å². The van der Waals surface area contributed by atoms with Gasteiger partial charge in [-0.15, -0.1) is 0 Å². The molecule has 1 atom stereocenters. The number of hydrogen-bond acceptors (Lipinski definition) is 4. The fourth-order valence-corrected chi connectivity index (χ4v) is 3.72. The third-order valence-corrected chi connectivity index (χ3v) is 4.91. The van der Waals surface area contributed by atoms with E-state index in [1.165, 1.54) is 0 Å². The zero-order valence-corrected chi connectivity index (χ0v) is 11.7. The fraction of sp³-hybridized carbons (Fsp3) is 0.727. The Morgan fingerprint density at radius 1 is 1.50 bits per heavy atom. The molecular weight excluding hydrogens is 254 g/mol. The smallest absolute Gasteiger partial charge is 0.244 e. The maximum Gasteiger partial charge on any atom is 0.244 e. The van der Waals surface area contributed by atoms with Gasteiger partial charge in [0, 0.05) is 20.2 Å². The molecule has 6 nitrogen and oxygen atoms in total. The van der Waals surface area contributed by atoms with E-state index in [0.717, 1.165) is 19.4 Å². The van der Waals surface area contributed by atoms with Crippen LogP contribution in [0.5, 0.6) is 0 Å². The van der Waals surface area contributed by atoms with Crippen molar-refractivity contribution < 1.29 is 13.2 Å². The molecule has 1 aromatic rings. The second kappa shape index (κ2) is 4.99. The van der Waals surface area contributed by atoms with Gasteiger partial charge in [0.25, 0.3) is 0 Å². The van der Waals surface area contributed by atoms with Crippen molar-refractivity contribution in [2.75, 3.05) is 13.2 Å². The highest BCUT2D eigenvalue weighted by Gasteiger charge is 2.25. The minimum Gasteiger partial charge on any atom is -0.377 e. The normalized spacial score (nSPS) is 20.5. The predicted octanol–water partition coefficient (Wildman–Crippen LogP) is 0.494. The molecule has 2 heterocycles. The van der Waals surface area contributed by atoms with Gasteiger partial charge in [-0.25, -0.2) is 13.1 Å². The van der Waals surface area contributed by atoms with Gasteiger partial charge in [0.15, 0.2) is 0 Å². The lowest BCUT2D eigenvalue weighted by molar-refractivity contribution is 0.114. The summed E-state index contributed by atoms with van der Waals surface area (Å²) in [6, 6.07) is 0. The summed E-state index contributed by atoms with van der Waals surface area (Å²) in [5, 5.41) is 4.12. The number of aromatic nitrogens is 2. The summed E-state index contributed by atoms with van der Waals surface area (Å²) < 4.78 is 34.0. The van der Waals surface area contributed by atoms with E-state index in [1.54, 1.807) is 25.6 Å². The first-order valence-corrected chi connectivity index (χ1v) is 7.51. The van der Waals surface area contributed by atoms with E-state index in [1.807, 2.05) is 0 Å². The first kappa shape index (κ1) is 13.5. The molecular formula is C11H19N3O3S. The van der Waals surface area contributed by atoms with Crippen molar-refractivity contribution in [2.45, 2.75) is 37.7 Å². The standard InChI is InChI=1S/C11H19N3O3S/c1-8-11(9(2)14(3)13-8)18(15,16)12-7-10-5-4-6-17-10/h10,12H,4-7H2,1-3H3. The lowest BCUT2D eigenvalue weighted by Gasteiger charge is -2.11. The maximum atomic E-state index is 12.2. The zero-order chi connectivity index (χ0) is 13.3. The number of hydrogen-bond donors (Lipinski definition) is 1. The predicted molar refractivity (Wildman–Crippen MR) is 66.8 cm³/mol. The van der Waals surface area contributed by atoms with E-state index in [-0.39, 0.29) is 11.0 Å². The number of ether oxygens (including phenoxy) is 1. The Bertz CT molecular complexity index is 530. The van der Waals surface area contributed by atoms with E-state index < -0.39 is 10.0 Å². The molecule has 0 spiro atoms. The van der Waals surface area contributed by atoms with Crippen molar-refractivity contribution >= 4 is 10.0 Å². The summed E-state index contributed by atoms with van der Waals surface area (Å²) in [5.74, 6) is 0. The Morgan fingerprint density at radius 3 is 2.72 bits per heavy atom. The molecule has 1 N–H and O–H groups in total. The van der Waals surface area contributed by atoms with E-state index in [2.05, 4.69) is 9.82 Å². The van der Waals surface area contributed by atoms with Crippen LogP contribution in [0.2, 0.25) is 0 Å². The Labute approximate surface area is 107 Å². The van der Waals surface area contributed by atoms with Crippen molar-refractivity contribution in [1.82, 2.24) is 14.5 Å². The first-order chi connectivity index (χ1) is 8.42. The SMILES string of the molecule is Cc1nn(C)c(C)c1S(=O)(=O)NCC1CCCO1. The Balaban J connectivity index is 2.14. The number of nitrogens with zero attached hydrogens (tertiary/aromatic N) is 2. The third-order valence-electron chi connectivity index (χ3n) is 3.24. The molecule has 1 unspecified atom stereocenters. The molecule has 1 aromatic heterocycles. The van der Waals surface area contributed by atoms with Crippen molar-refractivity contribution in [2.24, 2.45) is 7.05 Å². The van der Waals surface area contributed by atoms with Crippen LogP contribution < -0.4 is 4.72 Å². The van der Waals surface area contributed by atoms with E-state index in [0.29, 0.717) is 17.9 Å². The van der Waals surface area contributed by atoms with Crippen LogP contribution in [0.3, 0.4) is 0 Å². The fourth-order valence-electron chi connectivity index (χ4n) is 2.22. The quantitative estimate of drug-likeness (QED) is 0.866. The van der Waals surface area contributed by atoms with Crippen LogP contribution in [-0.2, 0) is 21.8 Å². The van der Waals surface area contributed by atoms with Gasteiger partial charge < -0.3 is 4.74 Å². The molecule has 0 aromatic carbocycles. The zero-order valence-electron chi connectivity index (χ0n) is 10.9. The monoisotopic (exact) mass is 273 g/mol. The van der Waals surface area contributed by atoms with Crippen molar-refractivity contribution in [1.29, 1.82) is 0 Å². The molecule has 0 radical (unpaired) electrons. The molecule has 1 saturated heterocycles. The number of aryl methyl sites for hydroxylation is 2. The minimum atomic E-state index is -3.50. The summed E-state index contributed by atoms with van der Waals surface area (Å²) in [6.45, 7) is 4.50. The Kier molecular flexibility index (Phi) is 3.74. The van der Waals surface area contributed by atoms with Crippen LogP contribution in [0.25, 0.3) is 0 Å². The van der Waals surface area contributed by atoms with Crippen LogP contribution in [0, 0.1) is 13.8 Å². The topological polar surface area (TPSA) is 73.2 Å². The van der Waals surface area contributed by atoms with Crippen LogP contribution >= 0.6 is 0 Å². The van der Waals surface area contributed by atoms with Crippen LogP contribution in [0.15, 0.2) is 4.90 Å². The van der Waals surface area contributed by atoms with Crippen LogP contribution in [0.1, 0.15) is 24.2 Å². The largest absolute Gasteiger partial charge is 0.377 e. The van der Waals surface area contributed by atoms with Gasteiger partial charge >= 0.3 is 0 Å². The minimum absolute atomic E-state index is 0.00272. The third kappa shape index (κ3) is 2.57. The first-order valence-electron chi connectivity index (χ1n) is 6.03. The van der Waals surface area contributed by atoms with Gasteiger partial charge in [-0.3, -0.25) is 4.68 Å². The average molecular weight is 273 g/mol. The molecule has 0 aliphatic carbocycles. The van der Waals surface area contributed by atoms with Crippen LogP contribution in [0.4, 0.5) is 0 Å². The van der Waals surface area contributed by atoms with Gasteiger partial charge in [-0.1, -0.05) is 0 Å².